The molecule has 0 spiro atoms. The minimum atomic E-state index is -1.26. The zero-order valence-corrected chi connectivity index (χ0v) is 15.2. The first-order valence-electron chi connectivity index (χ1n) is 7.85. The van der Waals surface area contributed by atoms with Crippen LogP contribution in [-0.2, 0) is 11.4 Å². The van der Waals surface area contributed by atoms with Crippen LogP contribution in [0.15, 0.2) is 59.4 Å². The summed E-state index contributed by atoms with van der Waals surface area (Å²) in [5.74, 6) is 0. The topological polar surface area (TPSA) is 52.7 Å². The van der Waals surface area contributed by atoms with Crippen LogP contribution in [0.25, 0.3) is 16.8 Å². The zero-order chi connectivity index (χ0) is 17.3. The van der Waals surface area contributed by atoms with Crippen molar-refractivity contribution < 1.29 is 4.55 Å². The lowest BCUT2D eigenvalue weighted by Gasteiger charge is -2.18. The van der Waals surface area contributed by atoms with E-state index in [1.807, 2.05) is 56.5 Å². The van der Waals surface area contributed by atoms with Gasteiger partial charge in [-0.05, 0) is 57.0 Å². The molecule has 5 heteroatoms. The molecule has 4 nitrogen and oxygen atoms in total. The van der Waals surface area contributed by atoms with Crippen LogP contribution >= 0.6 is 0 Å². The van der Waals surface area contributed by atoms with E-state index in [-0.39, 0.29) is 4.75 Å². The van der Waals surface area contributed by atoms with Gasteiger partial charge in [0.1, 0.15) is 21.8 Å². The summed E-state index contributed by atoms with van der Waals surface area (Å²) in [6.07, 6.45) is 5.78. The maximum absolute atomic E-state index is 12.2. The standard InChI is InChI=1S/C19H21N3OS/c1-14(21-24(23)19(2,3)4)15-6-5-7-16(12-15)17-8-9-18-20-10-11-22(18)13-17/h5-13H,1-4H3/t24-/m0/s1. The summed E-state index contributed by atoms with van der Waals surface area (Å²) in [4.78, 5) is 4.26. The summed E-state index contributed by atoms with van der Waals surface area (Å²) < 4.78 is 18.2. The van der Waals surface area contributed by atoms with Gasteiger partial charge in [0, 0.05) is 24.2 Å². The Kier molecular flexibility index (Phi) is 4.47. The van der Waals surface area contributed by atoms with Gasteiger partial charge in [-0.2, -0.15) is 0 Å². The highest BCUT2D eigenvalue weighted by molar-refractivity contribution is 7.91. The van der Waals surface area contributed by atoms with Crippen molar-refractivity contribution in [3.05, 3.63) is 60.6 Å². The SMILES string of the molecule is CC(=N[S@@+]([O-])C(C)(C)C)c1cccc(-c2ccc3nccn3c2)c1. The van der Waals surface area contributed by atoms with Crippen LogP contribution in [-0.4, -0.2) is 24.4 Å². The predicted octanol–water partition coefficient (Wildman–Crippen LogP) is 4.27. The lowest BCUT2D eigenvalue weighted by atomic mass is 10.0. The van der Waals surface area contributed by atoms with E-state index >= 15 is 0 Å². The molecule has 1 atom stereocenters. The summed E-state index contributed by atoms with van der Waals surface area (Å²) in [6.45, 7) is 7.69. The van der Waals surface area contributed by atoms with E-state index < -0.39 is 11.4 Å². The molecular formula is C19H21N3OS. The minimum Gasteiger partial charge on any atom is -0.591 e. The molecule has 124 valence electrons. The molecule has 3 rings (SSSR count). The van der Waals surface area contributed by atoms with Crippen LogP contribution < -0.4 is 0 Å². The van der Waals surface area contributed by atoms with Crippen molar-refractivity contribution in [1.82, 2.24) is 9.38 Å². The van der Waals surface area contributed by atoms with E-state index in [9.17, 15) is 4.55 Å². The second kappa shape index (κ2) is 6.42. The van der Waals surface area contributed by atoms with E-state index in [1.165, 1.54) is 0 Å². The number of pyridine rings is 1. The minimum absolute atomic E-state index is 0.356. The lowest BCUT2D eigenvalue weighted by molar-refractivity contribution is 0.561. The normalized spacial score (nSPS) is 14.1. The van der Waals surface area contributed by atoms with Gasteiger partial charge in [-0.3, -0.25) is 0 Å². The third kappa shape index (κ3) is 3.52. The zero-order valence-electron chi connectivity index (χ0n) is 14.4. The number of nitrogens with zero attached hydrogens (tertiary/aromatic N) is 3. The number of fused-ring (bicyclic) bond motifs is 1. The molecule has 0 unspecified atom stereocenters. The van der Waals surface area contributed by atoms with Crippen molar-refractivity contribution in [2.75, 3.05) is 0 Å². The highest BCUT2D eigenvalue weighted by Gasteiger charge is 2.26. The Morgan fingerprint density at radius 3 is 2.71 bits per heavy atom. The largest absolute Gasteiger partial charge is 0.591 e. The molecule has 0 N–H and O–H groups in total. The second-order valence-electron chi connectivity index (χ2n) is 6.73. The van der Waals surface area contributed by atoms with Crippen LogP contribution in [0.4, 0.5) is 0 Å². The van der Waals surface area contributed by atoms with Gasteiger partial charge >= 0.3 is 0 Å². The van der Waals surface area contributed by atoms with Crippen LogP contribution in [0.5, 0.6) is 0 Å². The van der Waals surface area contributed by atoms with Crippen LogP contribution in [0.2, 0.25) is 0 Å². The van der Waals surface area contributed by atoms with Crippen molar-refractivity contribution in [3.8, 4) is 11.1 Å². The molecule has 0 radical (unpaired) electrons. The average Bonchev–Trinajstić information content (AvgIpc) is 3.01. The number of aromatic nitrogens is 2. The molecule has 2 aromatic heterocycles. The number of rotatable bonds is 3. The third-order valence-corrected chi connectivity index (χ3v) is 5.23. The molecule has 0 saturated carbocycles. The van der Waals surface area contributed by atoms with Gasteiger partial charge < -0.3 is 8.95 Å². The quantitative estimate of drug-likeness (QED) is 0.528. The Morgan fingerprint density at radius 1 is 1.17 bits per heavy atom. The summed E-state index contributed by atoms with van der Waals surface area (Å²) >= 11 is -1.26. The summed E-state index contributed by atoms with van der Waals surface area (Å²) in [5.41, 5.74) is 4.89. The van der Waals surface area contributed by atoms with Crippen molar-refractivity contribution >= 4 is 22.7 Å². The molecule has 24 heavy (non-hydrogen) atoms. The van der Waals surface area contributed by atoms with Gasteiger partial charge in [0.2, 0.25) is 0 Å². The van der Waals surface area contributed by atoms with Crippen LogP contribution in [0.1, 0.15) is 33.3 Å². The van der Waals surface area contributed by atoms with Crippen molar-refractivity contribution in [2.24, 2.45) is 4.40 Å². The van der Waals surface area contributed by atoms with Crippen molar-refractivity contribution in [1.29, 1.82) is 0 Å². The molecule has 0 amide bonds. The Balaban J connectivity index is 1.95. The first-order valence-corrected chi connectivity index (χ1v) is 8.96. The lowest BCUT2D eigenvalue weighted by Crippen LogP contribution is -2.26. The molecule has 2 heterocycles. The number of hydrogen-bond donors (Lipinski definition) is 0. The van der Waals surface area contributed by atoms with E-state index in [0.29, 0.717) is 0 Å². The first-order chi connectivity index (χ1) is 11.3. The maximum atomic E-state index is 12.2. The molecular weight excluding hydrogens is 318 g/mol. The molecule has 0 aliphatic heterocycles. The van der Waals surface area contributed by atoms with E-state index in [2.05, 4.69) is 33.8 Å². The van der Waals surface area contributed by atoms with Gasteiger partial charge in [-0.25, -0.2) is 4.98 Å². The number of imidazole rings is 1. The van der Waals surface area contributed by atoms with Gasteiger partial charge in [0.15, 0.2) is 0 Å². The maximum Gasteiger partial charge on any atom is 0.144 e. The Morgan fingerprint density at radius 2 is 1.96 bits per heavy atom. The first kappa shape index (κ1) is 16.7. The number of hydrogen-bond acceptors (Lipinski definition) is 3. The molecule has 0 saturated heterocycles. The molecule has 0 aliphatic rings. The summed E-state index contributed by atoms with van der Waals surface area (Å²) in [7, 11) is 0. The van der Waals surface area contributed by atoms with Gasteiger partial charge in [-0.1, -0.05) is 22.6 Å². The van der Waals surface area contributed by atoms with Gasteiger partial charge in [-0.15, -0.1) is 0 Å². The van der Waals surface area contributed by atoms with Crippen LogP contribution in [0.3, 0.4) is 0 Å². The summed E-state index contributed by atoms with van der Waals surface area (Å²) in [5, 5.41) is 0. The Labute approximate surface area is 145 Å². The summed E-state index contributed by atoms with van der Waals surface area (Å²) in [6, 6.07) is 12.2. The second-order valence-corrected chi connectivity index (χ2v) is 8.64. The fourth-order valence-corrected chi connectivity index (χ4v) is 2.96. The van der Waals surface area contributed by atoms with Crippen molar-refractivity contribution in [3.63, 3.8) is 0 Å². The smallest absolute Gasteiger partial charge is 0.144 e. The highest BCUT2D eigenvalue weighted by atomic mass is 32.2. The number of benzene rings is 1. The fourth-order valence-electron chi connectivity index (χ4n) is 2.33. The van der Waals surface area contributed by atoms with Crippen LogP contribution in [0, 0.1) is 0 Å². The van der Waals surface area contributed by atoms with Gasteiger partial charge in [0.05, 0.1) is 5.71 Å². The molecule has 1 aromatic carbocycles. The van der Waals surface area contributed by atoms with E-state index in [4.69, 9.17) is 0 Å². The monoisotopic (exact) mass is 339 g/mol. The van der Waals surface area contributed by atoms with E-state index in [0.717, 1.165) is 28.0 Å². The Bertz CT molecular complexity index is 893. The third-order valence-electron chi connectivity index (χ3n) is 3.75. The Hall–Kier alpha value is -2.11. The molecule has 3 aromatic rings. The molecule has 0 fully saturated rings. The fraction of sp³-hybridized carbons (Fsp3) is 0.263. The van der Waals surface area contributed by atoms with E-state index in [1.54, 1.807) is 6.20 Å². The van der Waals surface area contributed by atoms with Gasteiger partial charge in [0.25, 0.3) is 0 Å². The highest BCUT2D eigenvalue weighted by Crippen LogP contribution is 2.23. The average molecular weight is 339 g/mol. The predicted molar refractivity (Wildman–Crippen MR) is 101 cm³/mol. The van der Waals surface area contributed by atoms with Crippen molar-refractivity contribution in [2.45, 2.75) is 32.4 Å². The molecule has 0 aliphatic carbocycles. The molecule has 0 bridgehead atoms.